The molecule has 18 heavy (non-hydrogen) atoms. The lowest BCUT2D eigenvalue weighted by Gasteiger charge is -2.08. The summed E-state index contributed by atoms with van der Waals surface area (Å²) in [6, 6.07) is 8.19. The Morgan fingerprint density at radius 1 is 1.28 bits per heavy atom. The van der Waals surface area contributed by atoms with Crippen molar-refractivity contribution in [1.82, 2.24) is 15.0 Å². The van der Waals surface area contributed by atoms with Crippen LogP contribution in [-0.4, -0.2) is 21.3 Å². The van der Waals surface area contributed by atoms with Gasteiger partial charge in [-0.3, -0.25) is 4.79 Å². The van der Waals surface area contributed by atoms with E-state index in [0.29, 0.717) is 11.6 Å². The number of benzene rings is 1. The number of hydrogen-bond donors (Lipinski definition) is 0. The number of aromatic nitrogens is 3. The van der Waals surface area contributed by atoms with Gasteiger partial charge in [-0.25, -0.2) is 4.68 Å². The van der Waals surface area contributed by atoms with Gasteiger partial charge in [-0.15, -0.1) is 5.10 Å². The Morgan fingerprint density at radius 3 is 2.44 bits per heavy atom. The van der Waals surface area contributed by atoms with E-state index in [2.05, 4.69) is 36.3 Å². The predicted octanol–water partition coefficient (Wildman–Crippen LogP) is 2.77. The molecule has 2 aromatic rings. The quantitative estimate of drug-likeness (QED) is 0.776. The minimum absolute atomic E-state index is 0.422. The summed E-state index contributed by atoms with van der Waals surface area (Å²) in [5, 5.41) is 7.92. The Labute approximate surface area is 107 Å². The summed E-state index contributed by atoms with van der Waals surface area (Å²) in [6.45, 7) is 6.31. The summed E-state index contributed by atoms with van der Waals surface area (Å²) >= 11 is 0. The minimum Gasteiger partial charge on any atom is -0.296 e. The first-order chi connectivity index (χ1) is 8.67. The third kappa shape index (κ3) is 2.18. The van der Waals surface area contributed by atoms with Crippen molar-refractivity contribution in [3.63, 3.8) is 0 Å². The van der Waals surface area contributed by atoms with Gasteiger partial charge in [0.05, 0.1) is 11.4 Å². The molecule has 1 heterocycles. The normalized spacial score (nSPS) is 10.9. The molecule has 0 fully saturated rings. The van der Waals surface area contributed by atoms with Crippen molar-refractivity contribution in [2.75, 3.05) is 0 Å². The molecule has 0 aliphatic heterocycles. The standard InChI is InChI=1S/C14H17N3O/c1-4-14-13(9-18)15-16-17(14)12-7-5-11(6-8-12)10(2)3/h5-10H,4H2,1-3H3. The third-order valence-corrected chi connectivity index (χ3v) is 3.04. The molecule has 0 saturated heterocycles. The highest BCUT2D eigenvalue weighted by Crippen LogP contribution is 2.18. The Kier molecular flexibility index (Phi) is 3.55. The van der Waals surface area contributed by atoms with Crippen molar-refractivity contribution in [1.29, 1.82) is 0 Å². The summed E-state index contributed by atoms with van der Waals surface area (Å²) in [5.41, 5.74) is 3.50. The first kappa shape index (κ1) is 12.5. The van der Waals surface area contributed by atoms with Crippen LogP contribution in [0.3, 0.4) is 0 Å². The van der Waals surface area contributed by atoms with Crippen LogP contribution in [0.1, 0.15) is 48.4 Å². The number of rotatable bonds is 4. The van der Waals surface area contributed by atoms with E-state index < -0.39 is 0 Å². The average molecular weight is 243 g/mol. The summed E-state index contributed by atoms with van der Waals surface area (Å²) < 4.78 is 1.73. The average Bonchev–Trinajstić information content (AvgIpc) is 2.81. The van der Waals surface area contributed by atoms with Crippen LogP contribution < -0.4 is 0 Å². The van der Waals surface area contributed by atoms with E-state index in [1.165, 1.54) is 5.56 Å². The van der Waals surface area contributed by atoms with E-state index in [4.69, 9.17) is 0 Å². The summed E-state index contributed by atoms with van der Waals surface area (Å²) in [6.07, 6.45) is 1.48. The van der Waals surface area contributed by atoms with E-state index in [0.717, 1.165) is 24.1 Å². The molecule has 4 nitrogen and oxygen atoms in total. The fraction of sp³-hybridized carbons (Fsp3) is 0.357. The number of hydrogen-bond acceptors (Lipinski definition) is 3. The van der Waals surface area contributed by atoms with Gasteiger partial charge in [0.15, 0.2) is 6.29 Å². The van der Waals surface area contributed by atoms with Gasteiger partial charge in [0, 0.05) is 0 Å². The Balaban J connectivity index is 2.42. The highest BCUT2D eigenvalue weighted by atomic mass is 16.1. The van der Waals surface area contributed by atoms with Gasteiger partial charge in [0.1, 0.15) is 5.69 Å². The van der Waals surface area contributed by atoms with Gasteiger partial charge < -0.3 is 0 Å². The van der Waals surface area contributed by atoms with E-state index in [1.54, 1.807) is 4.68 Å². The molecule has 1 aromatic carbocycles. The molecule has 0 atom stereocenters. The zero-order valence-electron chi connectivity index (χ0n) is 10.9. The van der Waals surface area contributed by atoms with Crippen LogP contribution in [0.2, 0.25) is 0 Å². The molecule has 0 N–H and O–H groups in total. The zero-order chi connectivity index (χ0) is 13.1. The van der Waals surface area contributed by atoms with E-state index in [-0.39, 0.29) is 0 Å². The molecule has 0 aliphatic rings. The van der Waals surface area contributed by atoms with Gasteiger partial charge in [-0.05, 0) is 30.0 Å². The molecular weight excluding hydrogens is 226 g/mol. The van der Waals surface area contributed by atoms with Gasteiger partial charge in [-0.2, -0.15) is 0 Å². The van der Waals surface area contributed by atoms with E-state index in [9.17, 15) is 4.79 Å². The Hall–Kier alpha value is -1.97. The van der Waals surface area contributed by atoms with Crippen molar-refractivity contribution in [3.8, 4) is 5.69 Å². The lowest BCUT2D eigenvalue weighted by Crippen LogP contribution is -2.02. The van der Waals surface area contributed by atoms with Gasteiger partial charge in [0.25, 0.3) is 0 Å². The van der Waals surface area contributed by atoms with E-state index in [1.807, 2.05) is 19.1 Å². The molecule has 94 valence electrons. The molecule has 1 aromatic heterocycles. The van der Waals surface area contributed by atoms with Gasteiger partial charge in [-0.1, -0.05) is 38.1 Å². The monoisotopic (exact) mass is 243 g/mol. The highest BCUT2D eigenvalue weighted by molar-refractivity contribution is 5.73. The second kappa shape index (κ2) is 5.12. The molecule has 0 amide bonds. The molecule has 0 radical (unpaired) electrons. The Bertz CT molecular complexity index is 541. The lowest BCUT2D eigenvalue weighted by molar-refractivity contribution is 0.111. The third-order valence-electron chi connectivity index (χ3n) is 3.04. The maximum absolute atomic E-state index is 10.9. The van der Waals surface area contributed by atoms with Crippen LogP contribution >= 0.6 is 0 Å². The largest absolute Gasteiger partial charge is 0.296 e. The number of carbonyl (C=O) groups is 1. The molecule has 0 aliphatic carbocycles. The highest BCUT2D eigenvalue weighted by Gasteiger charge is 2.11. The molecule has 0 spiro atoms. The van der Waals surface area contributed by atoms with Crippen LogP contribution in [0, 0.1) is 0 Å². The SMILES string of the molecule is CCc1c(C=O)nnn1-c1ccc(C(C)C)cc1. The summed E-state index contributed by atoms with van der Waals surface area (Å²) in [4.78, 5) is 10.9. The first-order valence-electron chi connectivity index (χ1n) is 6.17. The summed E-state index contributed by atoms with van der Waals surface area (Å²) in [7, 11) is 0. The van der Waals surface area contributed by atoms with Gasteiger partial charge in [0.2, 0.25) is 0 Å². The maximum atomic E-state index is 10.9. The molecule has 2 rings (SSSR count). The van der Waals surface area contributed by atoms with Crippen molar-refractivity contribution >= 4 is 6.29 Å². The topological polar surface area (TPSA) is 47.8 Å². The van der Waals surface area contributed by atoms with Crippen molar-refractivity contribution < 1.29 is 4.79 Å². The number of nitrogens with zero attached hydrogens (tertiary/aromatic N) is 3. The maximum Gasteiger partial charge on any atom is 0.172 e. The predicted molar refractivity (Wildman–Crippen MR) is 70.2 cm³/mol. The molecule has 0 unspecified atom stereocenters. The van der Waals surface area contributed by atoms with E-state index >= 15 is 0 Å². The molecule has 4 heteroatoms. The van der Waals surface area contributed by atoms with Crippen LogP contribution in [0.15, 0.2) is 24.3 Å². The number of carbonyl (C=O) groups excluding carboxylic acids is 1. The van der Waals surface area contributed by atoms with Crippen LogP contribution in [0.5, 0.6) is 0 Å². The second-order valence-electron chi connectivity index (χ2n) is 4.55. The molecule has 0 saturated carbocycles. The second-order valence-corrected chi connectivity index (χ2v) is 4.55. The molecule has 0 bridgehead atoms. The van der Waals surface area contributed by atoms with Crippen molar-refractivity contribution in [3.05, 3.63) is 41.2 Å². The van der Waals surface area contributed by atoms with Gasteiger partial charge >= 0.3 is 0 Å². The minimum atomic E-state index is 0.422. The van der Waals surface area contributed by atoms with Crippen LogP contribution in [0.4, 0.5) is 0 Å². The zero-order valence-corrected chi connectivity index (χ0v) is 10.9. The lowest BCUT2D eigenvalue weighted by atomic mass is 10.0. The Morgan fingerprint density at radius 2 is 1.94 bits per heavy atom. The smallest absolute Gasteiger partial charge is 0.172 e. The van der Waals surface area contributed by atoms with Crippen molar-refractivity contribution in [2.24, 2.45) is 0 Å². The molecular formula is C14H17N3O. The number of aldehydes is 1. The van der Waals surface area contributed by atoms with Crippen LogP contribution in [-0.2, 0) is 6.42 Å². The van der Waals surface area contributed by atoms with Crippen molar-refractivity contribution in [2.45, 2.75) is 33.1 Å². The fourth-order valence-electron chi connectivity index (χ4n) is 1.94. The summed E-state index contributed by atoms with van der Waals surface area (Å²) in [5.74, 6) is 0.506. The van der Waals surface area contributed by atoms with Crippen LogP contribution in [0.25, 0.3) is 5.69 Å². The fourth-order valence-corrected chi connectivity index (χ4v) is 1.94. The first-order valence-corrected chi connectivity index (χ1v) is 6.17.